The Bertz CT molecular complexity index is 848. The van der Waals surface area contributed by atoms with Crippen LogP contribution in [0.1, 0.15) is 86.1 Å². The smallest absolute Gasteiger partial charge is 0.226 e. The highest BCUT2D eigenvalue weighted by Crippen LogP contribution is 2.43. The van der Waals surface area contributed by atoms with Crippen molar-refractivity contribution in [1.82, 2.24) is 20.4 Å². The predicted molar refractivity (Wildman–Crippen MR) is 116 cm³/mol. The van der Waals surface area contributed by atoms with Crippen molar-refractivity contribution < 1.29 is 9.59 Å². The normalized spacial score (nSPS) is 23.9. The maximum Gasteiger partial charge on any atom is 0.226 e. The Kier molecular flexibility index (Phi) is 5.77. The standard InChI is InChI=1S/C20H26N6O2S2/c27-15(8-11-4-5-11)21-19-25-23-17(29-19)13-2-1-3-14(10-13)18-24-26-20(30-18)22-16(28)9-12-6-7-12/h11-14H,1-10H2,(H,21,25,27)(H,22,26,28). The molecule has 0 aromatic carbocycles. The molecule has 3 aliphatic rings. The minimum Gasteiger partial charge on any atom is -0.301 e. The van der Waals surface area contributed by atoms with Crippen molar-refractivity contribution in [2.75, 3.05) is 10.6 Å². The minimum atomic E-state index is 0.0480. The second-order valence-corrected chi connectivity index (χ2v) is 10.9. The zero-order chi connectivity index (χ0) is 20.5. The van der Waals surface area contributed by atoms with Gasteiger partial charge in [-0.15, -0.1) is 20.4 Å². The second kappa shape index (κ2) is 8.66. The van der Waals surface area contributed by atoms with Crippen molar-refractivity contribution in [3.8, 4) is 0 Å². The molecule has 2 aromatic heterocycles. The SMILES string of the molecule is O=C(CC1CC1)Nc1nnc(C2CCCC(c3nnc(NC(=O)CC4CC4)s3)C2)s1. The van der Waals surface area contributed by atoms with Gasteiger partial charge in [-0.1, -0.05) is 29.1 Å². The lowest BCUT2D eigenvalue weighted by atomic mass is 9.82. The third kappa shape index (κ3) is 5.21. The molecule has 2 N–H and O–H groups in total. The molecule has 2 aromatic rings. The van der Waals surface area contributed by atoms with Crippen LogP contribution in [0.2, 0.25) is 0 Å². The summed E-state index contributed by atoms with van der Waals surface area (Å²) in [6.45, 7) is 0. The topological polar surface area (TPSA) is 110 Å². The largest absolute Gasteiger partial charge is 0.301 e. The van der Waals surface area contributed by atoms with Gasteiger partial charge in [0.1, 0.15) is 10.0 Å². The fraction of sp³-hybridized carbons (Fsp3) is 0.700. The van der Waals surface area contributed by atoms with Gasteiger partial charge in [-0.25, -0.2) is 0 Å². The molecule has 2 heterocycles. The zero-order valence-corrected chi connectivity index (χ0v) is 18.4. The van der Waals surface area contributed by atoms with Crippen LogP contribution in [0, 0.1) is 11.8 Å². The molecule has 0 saturated heterocycles. The van der Waals surface area contributed by atoms with Crippen molar-refractivity contribution in [1.29, 1.82) is 0 Å². The lowest BCUT2D eigenvalue weighted by Crippen LogP contribution is -2.13. The Morgan fingerprint density at radius 2 is 1.20 bits per heavy atom. The van der Waals surface area contributed by atoms with E-state index in [0.717, 1.165) is 61.4 Å². The van der Waals surface area contributed by atoms with E-state index in [-0.39, 0.29) is 11.8 Å². The summed E-state index contributed by atoms with van der Waals surface area (Å²) in [5.74, 6) is 1.87. The number of amides is 2. The van der Waals surface area contributed by atoms with Gasteiger partial charge in [0, 0.05) is 24.7 Å². The maximum atomic E-state index is 12.0. The van der Waals surface area contributed by atoms with E-state index in [1.165, 1.54) is 22.7 Å². The van der Waals surface area contributed by atoms with Crippen molar-refractivity contribution in [2.45, 2.75) is 76.0 Å². The van der Waals surface area contributed by atoms with Crippen LogP contribution in [0.15, 0.2) is 0 Å². The summed E-state index contributed by atoms with van der Waals surface area (Å²) in [4.78, 5) is 24.0. The summed E-state index contributed by atoms with van der Waals surface area (Å²) in [7, 11) is 0. The van der Waals surface area contributed by atoms with E-state index >= 15 is 0 Å². The molecule has 2 unspecified atom stereocenters. The van der Waals surface area contributed by atoms with Gasteiger partial charge in [-0.05, 0) is 56.8 Å². The summed E-state index contributed by atoms with van der Waals surface area (Å²) in [5, 5.41) is 26.1. The van der Waals surface area contributed by atoms with Gasteiger partial charge in [0.05, 0.1) is 0 Å². The zero-order valence-electron chi connectivity index (χ0n) is 16.8. The summed E-state index contributed by atoms with van der Waals surface area (Å²) in [5.41, 5.74) is 0. The first-order valence-electron chi connectivity index (χ1n) is 10.9. The highest BCUT2D eigenvalue weighted by atomic mass is 32.1. The fourth-order valence-electron chi connectivity index (χ4n) is 4.05. The number of anilines is 2. The molecule has 30 heavy (non-hydrogen) atoms. The van der Waals surface area contributed by atoms with Gasteiger partial charge >= 0.3 is 0 Å². The lowest BCUT2D eigenvalue weighted by molar-refractivity contribution is -0.117. The third-order valence-corrected chi connectivity index (χ3v) is 8.09. The van der Waals surface area contributed by atoms with E-state index in [0.29, 0.717) is 46.8 Å². The number of carbonyl (C=O) groups is 2. The molecule has 0 spiro atoms. The summed E-state index contributed by atoms with van der Waals surface area (Å²) >= 11 is 2.99. The molecular formula is C20H26N6O2S2. The quantitative estimate of drug-likeness (QED) is 0.625. The number of nitrogens with zero attached hydrogens (tertiary/aromatic N) is 4. The number of nitrogens with one attached hydrogen (secondary N) is 2. The van der Waals surface area contributed by atoms with Gasteiger partial charge in [-0.2, -0.15) is 0 Å². The van der Waals surface area contributed by atoms with Gasteiger partial charge in [0.15, 0.2) is 0 Å². The molecule has 0 bridgehead atoms. The first-order chi connectivity index (χ1) is 14.6. The van der Waals surface area contributed by atoms with Crippen molar-refractivity contribution >= 4 is 44.8 Å². The highest BCUT2D eigenvalue weighted by molar-refractivity contribution is 7.15. The molecule has 2 amide bonds. The van der Waals surface area contributed by atoms with Crippen LogP contribution in [0.25, 0.3) is 0 Å². The molecule has 3 aliphatic carbocycles. The molecule has 160 valence electrons. The van der Waals surface area contributed by atoms with Crippen LogP contribution in [0.5, 0.6) is 0 Å². The Balaban J connectivity index is 1.17. The van der Waals surface area contributed by atoms with Gasteiger partial charge in [-0.3, -0.25) is 9.59 Å². The number of hydrogen-bond donors (Lipinski definition) is 2. The molecular weight excluding hydrogens is 420 g/mol. The molecule has 8 nitrogen and oxygen atoms in total. The Labute approximate surface area is 183 Å². The monoisotopic (exact) mass is 446 g/mol. The molecule has 0 radical (unpaired) electrons. The van der Waals surface area contributed by atoms with E-state index in [9.17, 15) is 9.59 Å². The molecule has 3 fully saturated rings. The van der Waals surface area contributed by atoms with E-state index in [2.05, 4.69) is 31.0 Å². The molecule has 3 saturated carbocycles. The van der Waals surface area contributed by atoms with Gasteiger partial charge in [0.2, 0.25) is 22.1 Å². The van der Waals surface area contributed by atoms with Crippen LogP contribution in [0.4, 0.5) is 10.3 Å². The molecule has 2 atom stereocenters. The Hall–Kier alpha value is -1.94. The Morgan fingerprint density at radius 3 is 1.63 bits per heavy atom. The van der Waals surface area contributed by atoms with Gasteiger partial charge in [0.25, 0.3) is 0 Å². The van der Waals surface area contributed by atoms with Gasteiger partial charge < -0.3 is 10.6 Å². The molecule has 10 heteroatoms. The number of carbonyl (C=O) groups excluding carboxylic acids is 2. The van der Waals surface area contributed by atoms with E-state index < -0.39 is 0 Å². The number of aromatic nitrogens is 4. The number of rotatable bonds is 8. The van der Waals surface area contributed by atoms with Crippen molar-refractivity contribution in [3.05, 3.63) is 10.0 Å². The van der Waals surface area contributed by atoms with Crippen LogP contribution < -0.4 is 10.6 Å². The Morgan fingerprint density at radius 1 is 0.733 bits per heavy atom. The van der Waals surface area contributed by atoms with Crippen LogP contribution in [0.3, 0.4) is 0 Å². The third-order valence-electron chi connectivity index (χ3n) is 6.09. The first kappa shape index (κ1) is 20.0. The van der Waals surface area contributed by atoms with Crippen molar-refractivity contribution in [2.24, 2.45) is 11.8 Å². The second-order valence-electron chi connectivity index (χ2n) is 8.84. The average Bonchev–Trinajstić information content (AvgIpc) is 3.62. The summed E-state index contributed by atoms with van der Waals surface area (Å²) in [6, 6.07) is 0. The maximum absolute atomic E-state index is 12.0. The molecule has 0 aliphatic heterocycles. The minimum absolute atomic E-state index is 0.0480. The van der Waals surface area contributed by atoms with Crippen molar-refractivity contribution in [3.63, 3.8) is 0 Å². The van der Waals surface area contributed by atoms with E-state index in [1.807, 2.05) is 0 Å². The summed E-state index contributed by atoms with van der Waals surface area (Å²) in [6.07, 6.45) is 10.0. The molecule has 5 rings (SSSR count). The number of hydrogen-bond acceptors (Lipinski definition) is 8. The van der Waals surface area contributed by atoms with E-state index in [1.54, 1.807) is 0 Å². The summed E-state index contributed by atoms with van der Waals surface area (Å²) < 4.78 is 0. The van der Waals surface area contributed by atoms with Crippen LogP contribution in [-0.4, -0.2) is 32.2 Å². The fourth-order valence-corrected chi connectivity index (χ4v) is 5.86. The first-order valence-corrected chi connectivity index (χ1v) is 12.5. The predicted octanol–water partition coefficient (Wildman–Crippen LogP) is 4.31. The average molecular weight is 447 g/mol. The van der Waals surface area contributed by atoms with Crippen LogP contribution >= 0.6 is 22.7 Å². The lowest BCUT2D eigenvalue weighted by Gasteiger charge is -2.25. The highest BCUT2D eigenvalue weighted by Gasteiger charge is 2.30. The van der Waals surface area contributed by atoms with E-state index in [4.69, 9.17) is 0 Å². The van der Waals surface area contributed by atoms with Crippen LogP contribution in [-0.2, 0) is 9.59 Å².